The summed E-state index contributed by atoms with van der Waals surface area (Å²) >= 11 is 0. The zero-order valence-electron chi connectivity index (χ0n) is 16.2. The van der Waals surface area contributed by atoms with E-state index < -0.39 is 0 Å². The highest BCUT2D eigenvalue weighted by Crippen LogP contribution is 2.29. The molecule has 1 aliphatic rings. The Morgan fingerprint density at radius 1 is 1.39 bits per heavy atom. The number of carbonyl (C=O) groups is 1. The Kier molecular flexibility index (Phi) is 5.25. The van der Waals surface area contributed by atoms with Gasteiger partial charge in [-0.15, -0.1) is 0 Å². The summed E-state index contributed by atoms with van der Waals surface area (Å²) in [5, 5.41) is 8.96. The first-order chi connectivity index (χ1) is 13.7. The molecule has 0 radical (unpaired) electrons. The quantitative estimate of drug-likeness (QED) is 0.576. The summed E-state index contributed by atoms with van der Waals surface area (Å²) in [6, 6.07) is 0. The van der Waals surface area contributed by atoms with E-state index in [2.05, 4.69) is 10.1 Å². The number of oxazole rings is 1. The predicted molar refractivity (Wildman–Crippen MR) is 100 cm³/mol. The van der Waals surface area contributed by atoms with Gasteiger partial charge in [-0.2, -0.15) is 10.2 Å². The maximum absolute atomic E-state index is 12.8. The maximum atomic E-state index is 12.8. The molecule has 4 rings (SSSR count). The van der Waals surface area contributed by atoms with Crippen LogP contribution in [0.3, 0.4) is 0 Å². The summed E-state index contributed by atoms with van der Waals surface area (Å²) in [6.07, 6.45) is 7.36. The third-order valence-electron chi connectivity index (χ3n) is 4.87. The zero-order valence-corrected chi connectivity index (χ0v) is 16.2. The van der Waals surface area contributed by atoms with Crippen LogP contribution in [0.5, 0.6) is 0 Å². The first-order valence-corrected chi connectivity index (χ1v) is 9.47. The molecule has 1 aliphatic heterocycles. The molecule has 0 saturated heterocycles. The Morgan fingerprint density at radius 3 is 3.00 bits per heavy atom. The zero-order chi connectivity index (χ0) is 19.5. The Hall–Kier alpha value is -2.94. The van der Waals surface area contributed by atoms with Crippen LogP contribution in [-0.4, -0.2) is 55.1 Å². The van der Waals surface area contributed by atoms with E-state index in [1.807, 2.05) is 29.6 Å². The largest absolute Gasteiger partial charge is 0.451 e. The molecule has 9 nitrogen and oxygen atoms in total. The first-order valence-electron chi connectivity index (χ1n) is 9.47. The van der Waals surface area contributed by atoms with E-state index in [0.717, 1.165) is 28.9 Å². The van der Waals surface area contributed by atoms with Gasteiger partial charge in [0.1, 0.15) is 24.2 Å². The van der Waals surface area contributed by atoms with Crippen molar-refractivity contribution in [1.82, 2.24) is 29.4 Å². The average molecular weight is 384 g/mol. The molecule has 0 aromatic carbocycles. The number of hydrogen-bond donors (Lipinski definition) is 0. The summed E-state index contributed by atoms with van der Waals surface area (Å²) in [4.78, 5) is 18.9. The third kappa shape index (κ3) is 3.70. The van der Waals surface area contributed by atoms with Gasteiger partial charge in [-0.05, 0) is 19.4 Å². The highest BCUT2D eigenvalue weighted by molar-refractivity contribution is 5.76. The lowest BCUT2D eigenvalue weighted by Gasteiger charge is -2.28. The lowest BCUT2D eigenvalue weighted by molar-refractivity contribution is -0.133. The minimum atomic E-state index is 0.0434. The van der Waals surface area contributed by atoms with Gasteiger partial charge in [-0.1, -0.05) is 0 Å². The van der Waals surface area contributed by atoms with Gasteiger partial charge in [-0.3, -0.25) is 14.2 Å². The molecule has 3 aromatic heterocycles. The van der Waals surface area contributed by atoms with E-state index in [1.165, 1.54) is 6.39 Å². The van der Waals surface area contributed by atoms with Crippen LogP contribution in [-0.2, 0) is 35.6 Å². The van der Waals surface area contributed by atoms with Gasteiger partial charge in [0.2, 0.25) is 5.91 Å². The van der Waals surface area contributed by atoms with Crippen LogP contribution in [0.25, 0.3) is 11.4 Å². The van der Waals surface area contributed by atoms with Crippen LogP contribution < -0.4 is 0 Å². The second-order valence-electron chi connectivity index (χ2n) is 6.85. The summed E-state index contributed by atoms with van der Waals surface area (Å²) in [5.74, 6) is 0.0434. The molecule has 0 fully saturated rings. The van der Waals surface area contributed by atoms with Crippen molar-refractivity contribution in [3.63, 3.8) is 0 Å². The number of amides is 1. The number of fused-ring (bicyclic) bond motifs is 1. The fourth-order valence-electron chi connectivity index (χ4n) is 3.51. The predicted octanol–water partition coefficient (Wildman–Crippen LogP) is 1.66. The van der Waals surface area contributed by atoms with Crippen LogP contribution in [0.15, 0.2) is 29.5 Å². The van der Waals surface area contributed by atoms with Gasteiger partial charge in [-0.25, -0.2) is 4.98 Å². The van der Waals surface area contributed by atoms with Crippen LogP contribution in [0.2, 0.25) is 0 Å². The van der Waals surface area contributed by atoms with E-state index in [0.29, 0.717) is 38.5 Å². The molecule has 0 saturated carbocycles. The lowest BCUT2D eigenvalue weighted by atomic mass is 10.0. The van der Waals surface area contributed by atoms with Gasteiger partial charge < -0.3 is 14.1 Å². The van der Waals surface area contributed by atoms with Crippen LogP contribution in [0.4, 0.5) is 0 Å². The fourth-order valence-corrected chi connectivity index (χ4v) is 3.51. The van der Waals surface area contributed by atoms with Crippen molar-refractivity contribution in [2.24, 2.45) is 0 Å². The second-order valence-corrected chi connectivity index (χ2v) is 6.85. The molecule has 1 amide bonds. The van der Waals surface area contributed by atoms with Crippen LogP contribution in [0.1, 0.15) is 23.7 Å². The Balaban J connectivity index is 1.56. The van der Waals surface area contributed by atoms with E-state index >= 15 is 0 Å². The van der Waals surface area contributed by atoms with Crippen molar-refractivity contribution in [3.8, 4) is 11.4 Å². The molecule has 3 aromatic rings. The minimum Gasteiger partial charge on any atom is -0.451 e. The topological polar surface area (TPSA) is 91.2 Å². The summed E-state index contributed by atoms with van der Waals surface area (Å²) in [6.45, 7) is 7.29. The number of aromatic nitrogens is 5. The molecule has 4 heterocycles. The normalized spacial score (nSPS) is 13.7. The smallest absolute Gasteiger partial charge is 0.244 e. The summed E-state index contributed by atoms with van der Waals surface area (Å²) < 4.78 is 14.3. The van der Waals surface area contributed by atoms with Gasteiger partial charge in [0.25, 0.3) is 0 Å². The molecule has 0 N–H and O–H groups in total. The lowest BCUT2D eigenvalue weighted by Crippen LogP contribution is -2.38. The molecule has 0 unspecified atom stereocenters. The molecular formula is C19H24N6O3. The fraction of sp³-hybridized carbons (Fsp3) is 0.474. The van der Waals surface area contributed by atoms with E-state index in [4.69, 9.17) is 14.3 Å². The monoisotopic (exact) mass is 384 g/mol. The maximum Gasteiger partial charge on any atom is 0.244 e. The summed E-state index contributed by atoms with van der Waals surface area (Å²) in [7, 11) is 0. The van der Waals surface area contributed by atoms with Gasteiger partial charge >= 0.3 is 0 Å². The standard InChI is InChI=1S/C19H24N6O3/c1-3-27-7-6-25-17-4-5-23(18(26)11-24-9-14(2)8-21-24)10-15(17)19(22-25)16-12-28-13-20-16/h8-9,12-13H,3-7,10-11H2,1-2H3. The molecule has 0 spiro atoms. The number of rotatable bonds is 7. The van der Waals surface area contributed by atoms with Crippen LogP contribution >= 0.6 is 0 Å². The van der Waals surface area contributed by atoms with Crippen LogP contribution in [0, 0.1) is 6.92 Å². The van der Waals surface area contributed by atoms with Crippen molar-refractivity contribution in [3.05, 3.63) is 41.9 Å². The van der Waals surface area contributed by atoms with Gasteiger partial charge in [0.05, 0.1) is 19.3 Å². The number of aryl methyl sites for hydroxylation is 1. The Morgan fingerprint density at radius 2 is 2.29 bits per heavy atom. The van der Waals surface area contributed by atoms with Gasteiger partial charge in [0, 0.05) is 43.6 Å². The number of hydrogen-bond acceptors (Lipinski definition) is 6. The SMILES string of the molecule is CCOCCn1nc(-c2cocn2)c2c1CCN(C(=O)Cn1cc(C)cn1)C2. The molecule has 28 heavy (non-hydrogen) atoms. The average Bonchev–Trinajstić information content (AvgIpc) is 3.42. The van der Waals surface area contributed by atoms with Crippen molar-refractivity contribution in [1.29, 1.82) is 0 Å². The molecule has 0 atom stereocenters. The number of ether oxygens (including phenoxy) is 1. The second kappa shape index (κ2) is 7.97. The molecule has 0 bridgehead atoms. The van der Waals surface area contributed by atoms with Crippen molar-refractivity contribution >= 4 is 5.91 Å². The summed E-state index contributed by atoms with van der Waals surface area (Å²) in [5.41, 5.74) is 4.66. The molecule has 148 valence electrons. The molecule has 0 aliphatic carbocycles. The highest BCUT2D eigenvalue weighted by atomic mass is 16.5. The van der Waals surface area contributed by atoms with Crippen molar-refractivity contribution in [2.75, 3.05) is 19.8 Å². The third-order valence-corrected chi connectivity index (χ3v) is 4.87. The van der Waals surface area contributed by atoms with E-state index in [1.54, 1.807) is 17.1 Å². The van der Waals surface area contributed by atoms with E-state index in [9.17, 15) is 4.79 Å². The first kappa shape index (κ1) is 18.4. The minimum absolute atomic E-state index is 0.0434. The molecular weight excluding hydrogens is 360 g/mol. The van der Waals surface area contributed by atoms with E-state index in [-0.39, 0.29) is 12.5 Å². The van der Waals surface area contributed by atoms with Crippen molar-refractivity contribution in [2.45, 2.75) is 39.9 Å². The number of nitrogens with zero attached hydrogens (tertiary/aromatic N) is 6. The Bertz CT molecular complexity index is 943. The van der Waals surface area contributed by atoms with Gasteiger partial charge in [0.15, 0.2) is 6.39 Å². The number of carbonyl (C=O) groups excluding carboxylic acids is 1. The molecule has 9 heteroatoms. The highest BCUT2D eigenvalue weighted by Gasteiger charge is 2.29. The van der Waals surface area contributed by atoms with Crippen molar-refractivity contribution < 1.29 is 13.9 Å². The Labute approximate surface area is 162 Å².